The van der Waals surface area contributed by atoms with Gasteiger partial charge >= 0.3 is 0 Å². The fourth-order valence-corrected chi connectivity index (χ4v) is 7.25. The molecule has 34 heavy (non-hydrogen) atoms. The molecule has 5 aliphatic rings. The molecule has 8 heteroatoms. The predicted octanol–water partition coefficient (Wildman–Crippen LogP) is 2.35. The molecule has 1 aliphatic heterocycles. The van der Waals surface area contributed by atoms with Crippen molar-refractivity contribution in [3.05, 3.63) is 17.0 Å². The first kappa shape index (κ1) is 24.2. The molecule has 8 nitrogen and oxygen atoms in total. The number of ether oxygens (including phenoxy) is 2. The standard InChI is InChI=1S/C26H43N5O3/c1-29(9-8-27)15-21-23(20-4-6-25(7-5-20,17-33-2)18-34-3)22-16-30(10-11-31(22)28-21)24(32)26-12-19(13-26)14-26/h19-20H,4-18,27H2,1-3H3. The molecule has 1 aromatic heterocycles. The fraction of sp³-hybridized carbons (Fsp3) is 0.846. The summed E-state index contributed by atoms with van der Waals surface area (Å²) >= 11 is 0. The average molecular weight is 474 g/mol. The fourth-order valence-electron chi connectivity index (χ4n) is 7.25. The van der Waals surface area contributed by atoms with Crippen LogP contribution in [-0.2, 0) is 33.9 Å². The highest BCUT2D eigenvalue weighted by Gasteiger charge is 2.62. The molecule has 2 N–H and O–H groups in total. The lowest BCUT2D eigenvalue weighted by molar-refractivity contribution is -0.178. The molecule has 2 heterocycles. The highest BCUT2D eigenvalue weighted by molar-refractivity contribution is 5.86. The number of likely N-dealkylation sites (N-methyl/N-ethyl adjacent to an activating group) is 1. The van der Waals surface area contributed by atoms with Crippen molar-refractivity contribution in [1.29, 1.82) is 0 Å². The normalized spacial score (nSPS) is 27.9. The van der Waals surface area contributed by atoms with Crippen LogP contribution in [0.4, 0.5) is 0 Å². The minimum Gasteiger partial charge on any atom is -0.384 e. The van der Waals surface area contributed by atoms with E-state index < -0.39 is 0 Å². The Labute approximate surface area is 204 Å². The van der Waals surface area contributed by atoms with Gasteiger partial charge in [-0.3, -0.25) is 14.4 Å². The van der Waals surface area contributed by atoms with E-state index in [0.29, 0.717) is 24.9 Å². The van der Waals surface area contributed by atoms with Gasteiger partial charge in [0, 0.05) is 51.4 Å². The molecule has 2 bridgehead atoms. The van der Waals surface area contributed by atoms with Gasteiger partial charge < -0.3 is 20.1 Å². The van der Waals surface area contributed by atoms with Crippen LogP contribution in [0.25, 0.3) is 0 Å². The zero-order valence-corrected chi connectivity index (χ0v) is 21.4. The van der Waals surface area contributed by atoms with Crippen LogP contribution in [0, 0.1) is 16.7 Å². The molecule has 4 saturated carbocycles. The Morgan fingerprint density at radius 2 is 1.82 bits per heavy atom. The Balaban J connectivity index is 1.38. The van der Waals surface area contributed by atoms with Crippen molar-refractivity contribution in [2.45, 2.75) is 70.5 Å². The number of hydrogen-bond acceptors (Lipinski definition) is 6. The SMILES string of the molecule is COCC1(COC)CCC(c2c(CN(C)CCN)nn3c2CN(C(=O)C24CC(C2)C4)CC3)CC1. The van der Waals surface area contributed by atoms with Crippen LogP contribution in [0.1, 0.15) is 67.8 Å². The lowest BCUT2D eigenvalue weighted by Gasteiger charge is -2.61. The van der Waals surface area contributed by atoms with Gasteiger partial charge in [0.25, 0.3) is 0 Å². The lowest BCUT2D eigenvalue weighted by Crippen LogP contribution is -2.61. The van der Waals surface area contributed by atoms with Crippen LogP contribution in [0.2, 0.25) is 0 Å². The highest BCUT2D eigenvalue weighted by atomic mass is 16.5. The summed E-state index contributed by atoms with van der Waals surface area (Å²) in [4.78, 5) is 17.8. The van der Waals surface area contributed by atoms with Gasteiger partial charge in [0.2, 0.25) is 5.91 Å². The Morgan fingerprint density at radius 3 is 2.38 bits per heavy atom. The van der Waals surface area contributed by atoms with E-state index in [4.69, 9.17) is 20.3 Å². The smallest absolute Gasteiger partial charge is 0.229 e. The van der Waals surface area contributed by atoms with E-state index in [-0.39, 0.29) is 10.8 Å². The van der Waals surface area contributed by atoms with Gasteiger partial charge in [-0.15, -0.1) is 0 Å². The van der Waals surface area contributed by atoms with Gasteiger partial charge in [-0.1, -0.05) is 0 Å². The Bertz CT molecular complexity index is 866. The van der Waals surface area contributed by atoms with Crippen LogP contribution in [0.15, 0.2) is 0 Å². The summed E-state index contributed by atoms with van der Waals surface area (Å²) in [5.74, 6) is 1.69. The second-order valence-electron chi connectivity index (χ2n) is 11.7. The second kappa shape index (κ2) is 9.52. The van der Waals surface area contributed by atoms with Crippen molar-refractivity contribution in [3.8, 4) is 0 Å². The minimum atomic E-state index is -0.0120. The summed E-state index contributed by atoms with van der Waals surface area (Å²) in [5, 5.41) is 5.10. The first-order valence-electron chi connectivity index (χ1n) is 13.2. The van der Waals surface area contributed by atoms with Crippen LogP contribution in [0.5, 0.6) is 0 Å². The number of amides is 1. The number of carbonyl (C=O) groups excluding carboxylic acids is 1. The number of nitrogens with two attached hydrogens (primary N) is 1. The van der Waals surface area contributed by atoms with Gasteiger partial charge in [-0.05, 0) is 63.8 Å². The molecule has 6 rings (SSSR count). The van der Waals surface area contributed by atoms with Crippen LogP contribution >= 0.6 is 0 Å². The number of aromatic nitrogens is 2. The molecule has 0 unspecified atom stereocenters. The Hall–Kier alpha value is -1.48. The molecule has 4 aliphatic carbocycles. The molecule has 1 aromatic rings. The van der Waals surface area contributed by atoms with E-state index in [1.807, 2.05) is 0 Å². The highest BCUT2D eigenvalue weighted by Crippen LogP contribution is 2.65. The summed E-state index contributed by atoms with van der Waals surface area (Å²) in [6, 6.07) is 0. The van der Waals surface area contributed by atoms with Crippen molar-refractivity contribution in [1.82, 2.24) is 19.6 Å². The number of carbonyl (C=O) groups is 1. The van der Waals surface area contributed by atoms with Crippen LogP contribution in [0.3, 0.4) is 0 Å². The number of fused-ring (bicyclic) bond motifs is 1. The quantitative estimate of drug-likeness (QED) is 0.562. The number of nitrogens with zero attached hydrogens (tertiary/aromatic N) is 4. The monoisotopic (exact) mass is 473 g/mol. The molecular formula is C26H43N5O3. The molecule has 0 aromatic carbocycles. The molecule has 0 atom stereocenters. The predicted molar refractivity (Wildman–Crippen MR) is 130 cm³/mol. The molecule has 4 fully saturated rings. The van der Waals surface area contributed by atoms with Gasteiger partial charge in [0.1, 0.15) is 0 Å². The summed E-state index contributed by atoms with van der Waals surface area (Å²) in [7, 11) is 5.71. The summed E-state index contributed by atoms with van der Waals surface area (Å²) in [6.07, 6.45) is 7.76. The number of hydrogen-bond donors (Lipinski definition) is 1. The third-order valence-electron chi connectivity index (χ3n) is 9.16. The Morgan fingerprint density at radius 1 is 1.15 bits per heavy atom. The van der Waals surface area contributed by atoms with E-state index in [9.17, 15) is 4.79 Å². The van der Waals surface area contributed by atoms with Gasteiger partial charge in [-0.25, -0.2) is 0 Å². The van der Waals surface area contributed by atoms with E-state index in [2.05, 4.69) is 21.5 Å². The second-order valence-corrected chi connectivity index (χ2v) is 11.7. The minimum absolute atomic E-state index is 0.0120. The van der Waals surface area contributed by atoms with Crippen molar-refractivity contribution < 1.29 is 14.3 Å². The van der Waals surface area contributed by atoms with Gasteiger partial charge in [0.15, 0.2) is 0 Å². The summed E-state index contributed by atoms with van der Waals surface area (Å²) in [6.45, 7) is 6.10. The Kier molecular flexibility index (Phi) is 6.79. The maximum Gasteiger partial charge on any atom is 0.229 e. The third kappa shape index (κ3) is 4.21. The first-order valence-corrected chi connectivity index (χ1v) is 13.2. The van der Waals surface area contributed by atoms with Crippen molar-refractivity contribution in [3.63, 3.8) is 0 Å². The third-order valence-corrected chi connectivity index (χ3v) is 9.16. The van der Waals surface area contributed by atoms with Gasteiger partial charge in [0.05, 0.1) is 43.1 Å². The topological polar surface area (TPSA) is 85.8 Å². The van der Waals surface area contributed by atoms with E-state index in [1.165, 1.54) is 17.0 Å². The molecule has 0 radical (unpaired) electrons. The molecule has 190 valence electrons. The average Bonchev–Trinajstić information content (AvgIpc) is 3.09. The van der Waals surface area contributed by atoms with E-state index in [1.54, 1.807) is 14.2 Å². The zero-order valence-electron chi connectivity index (χ0n) is 21.4. The maximum absolute atomic E-state index is 13.4. The summed E-state index contributed by atoms with van der Waals surface area (Å²) < 4.78 is 13.4. The summed E-state index contributed by atoms with van der Waals surface area (Å²) in [5.41, 5.74) is 9.79. The van der Waals surface area contributed by atoms with Crippen molar-refractivity contribution >= 4 is 5.91 Å². The van der Waals surface area contributed by atoms with Gasteiger partial charge in [-0.2, -0.15) is 5.10 Å². The van der Waals surface area contributed by atoms with Crippen molar-refractivity contribution in [2.24, 2.45) is 22.5 Å². The number of rotatable bonds is 10. The van der Waals surface area contributed by atoms with E-state index in [0.717, 1.165) is 90.3 Å². The molecule has 1 amide bonds. The molecular weight excluding hydrogens is 430 g/mol. The largest absolute Gasteiger partial charge is 0.384 e. The maximum atomic E-state index is 13.4. The number of methoxy groups -OCH3 is 2. The van der Waals surface area contributed by atoms with Crippen LogP contribution < -0.4 is 5.73 Å². The van der Waals surface area contributed by atoms with E-state index >= 15 is 0 Å². The zero-order chi connectivity index (χ0) is 23.9. The van der Waals surface area contributed by atoms with Crippen LogP contribution in [-0.4, -0.2) is 79.6 Å². The lowest BCUT2D eigenvalue weighted by atomic mass is 9.44. The molecule has 0 spiro atoms. The molecule has 0 saturated heterocycles. The first-order chi connectivity index (χ1) is 16.4. The van der Waals surface area contributed by atoms with Crippen molar-refractivity contribution in [2.75, 3.05) is 54.1 Å².